The number of likely N-dealkylation sites (tertiary alicyclic amines) is 2. The molecule has 0 aliphatic carbocycles. The van der Waals surface area contributed by atoms with Crippen LogP contribution in [0.3, 0.4) is 0 Å². The van der Waals surface area contributed by atoms with E-state index in [2.05, 4.69) is 5.32 Å². The molecule has 0 aromatic heterocycles. The first-order valence-electron chi connectivity index (χ1n) is 10.9. The van der Waals surface area contributed by atoms with Gasteiger partial charge < -0.3 is 36.2 Å². The maximum absolute atomic E-state index is 13.0. The molecule has 2 rings (SSSR count). The van der Waals surface area contributed by atoms with E-state index in [1.54, 1.807) is 0 Å². The lowest BCUT2D eigenvalue weighted by molar-refractivity contribution is -0.150. The Labute approximate surface area is 189 Å². The van der Waals surface area contributed by atoms with Crippen molar-refractivity contribution in [1.82, 2.24) is 15.1 Å². The number of rotatable bonds is 11. The van der Waals surface area contributed by atoms with E-state index < -0.39 is 66.2 Å². The zero-order chi connectivity index (χ0) is 24.7. The summed E-state index contributed by atoms with van der Waals surface area (Å²) in [5.41, 5.74) is 5.80. The molecule has 0 spiro atoms. The lowest BCUT2D eigenvalue weighted by Crippen LogP contribution is -2.56. The second-order valence-electron chi connectivity index (χ2n) is 8.25. The van der Waals surface area contributed by atoms with Crippen LogP contribution in [0.25, 0.3) is 0 Å². The summed E-state index contributed by atoms with van der Waals surface area (Å²) in [6.45, 7) is 0.417. The van der Waals surface area contributed by atoms with Crippen LogP contribution in [0.4, 0.5) is 0 Å². The van der Waals surface area contributed by atoms with Gasteiger partial charge in [0.05, 0.1) is 6.04 Å². The molecular weight excluding hydrogens is 440 g/mol. The number of carbonyl (C=O) groups excluding carboxylic acids is 3. The third-order valence-electron chi connectivity index (χ3n) is 5.91. The van der Waals surface area contributed by atoms with E-state index in [9.17, 15) is 33.9 Å². The van der Waals surface area contributed by atoms with Gasteiger partial charge in [0.25, 0.3) is 0 Å². The highest BCUT2D eigenvalue weighted by Crippen LogP contribution is 2.22. The van der Waals surface area contributed by atoms with E-state index in [1.165, 1.54) is 4.90 Å². The number of aliphatic carboxylic acids is 3. The van der Waals surface area contributed by atoms with Crippen molar-refractivity contribution in [3.05, 3.63) is 0 Å². The van der Waals surface area contributed by atoms with Gasteiger partial charge in [-0.1, -0.05) is 0 Å². The van der Waals surface area contributed by atoms with Gasteiger partial charge in [-0.2, -0.15) is 0 Å². The van der Waals surface area contributed by atoms with E-state index in [0.29, 0.717) is 19.3 Å². The lowest BCUT2D eigenvalue weighted by Gasteiger charge is -2.30. The molecule has 0 bridgehead atoms. The topological polar surface area (TPSA) is 208 Å². The number of hydrogen-bond donors (Lipinski definition) is 5. The van der Waals surface area contributed by atoms with Gasteiger partial charge in [-0.15, -0.1) is 0 Å². The summed E-state index contributed by atoms with van der Waals surface area (Å²) in [5, 5.41) is 29.6. The van der Waals surface area contributed by atoms with Crippen molar-refractivity contribution in [3.63, 3.8) is 0 Å². The van der Waals surface area contributed by atoms with E-state index in [1.807, 2.05) is 0 Å². The quantitative estimate of drug-likeness (QED) is 0.238. The lowest BCUT2D eigenvalue weighted by atomic mass is 10.1. The molecule has 13 nitrogen and oxygen atoms in total. The van der Waals surface area contributed by atoms with Crippen LogP contribution in [0.15, 0.2) is 0 Å². The Balaban J connectivity index is 2.11. The number of carboxylic acid groups (broad SMARTS) is 3. The first-order chi connectivity index (χ1) is 15.5. The summed E-state index contributed by atoms with van der Waals surface area (Å²) in [5.74, 6) is -5.37. The smallest absolute Gasteiger partial charge is 0.326 e. The van der Waals surface area contributed by atoms with Crippen molar-refractivity contribution in [1.29, 1.82) is 0 Å². The fourth-order valence-corrected chi connectivity index (χ4v) is 4.20. The van der Waals surface area contributed by atoms with Crippen molar-refractivity contribution >= 4 is 35.6 Å². The molecule has 0 saturated carbocycles. The number of hydrogen-bond acceptors (Lipinski definition) is 7. The molecule has 13 heteroatoms. The van der Waals surface area contributed by atoms with Gasteiger partial charge in [-0.3, -0.25) is 24.0 Å². The second-order valence-corrected chi connectivity index (χ2v) is 8.25. The van der Waals surface area contributed by atoms with Crippen molar-refractivity contribution in [3.8, 4) is 0 Å². The number of nitrogens with one attached hydrogen (secondary N) is 1. The molecule has 2 heterocycles. The van der Waals surface area contributed by atoms with E-state index >= 15 is 0 Å². The van der Waals surface area contributed by atoms with Crippen LogP contribution in [0.5, 0.6) is 0 Å². The van der Waals surface area contributed by atoms with E-state index in [-0.39, 0.29) is 38.8 Å². The Hall–Kier alpha value is -3.22. The minimum absolute atomic E-state index is 0.0930. The average molecular weight is 470 g/mol. The third kappa shape index (κ3) is 6.88. The van der Waals surface area contributed by atoms with Crippen molar-refractivity contribution in [2.45, 2.75) is 75.5 Å². The Morgan fingerprint density at radius 2 is 1.33 bits per heavy atom. The van der Waals surface area contributed by atoms with Gasteiger partial charge in [0.15, 0.2) is 0 Å². The molecule has 4 atom stereocenters. The SMILES string of the molecule is N[C@@H](CCC(=O)O)C(=O)N1CCC[C@H]1C(=O)N[C@@H](CCC(=O)O)C(=O)N1CCC[C@H]1C(=O)O. The zero-order valence-electron chi connectivity index (χ0n) is 18.1. The van der Waals surface area contributed by atoms with Gasteiger partial charge in [0.1, 0.15) is 18.1 Å². The first-order valence-corrected chi connectivity index (χ1v) is 10.9. The highest BCUT2D eigenvalue weighted by atomic mass is 16.4. The van der Waals surface area contributed by atoms with Crippen LogP contribution in [0, 0.1) is 0 Å². The molecular formula is C20H30N4O9. The molecule has 2 aliphatic heterocycles. The minimum Gasteiger partial charge on any atom is -0.481 e. The van der Waals surface area contributed by atoms with Crippen LogP contribution >= 0.6 is 0 Å². The summed E-state index contributed by atoms with van der Waals surface area (Å²) in [6, 6.07) is -4.34. The molecule has 0 unspecified atom stereocenters. The van der Waals surface area contributed by atoms with Crippen LogP contribution in [-0.2, 0) is 28.8 Å². The maximum Gasteiger partial charge on any atom is 0.326 e. The molecule has 2 saturated heterocycles. The normalized spacial score (nSPS) is 22.0. The number of carboxylic acids is 3. The second kappa shape index (κ2) is 11.6. The maximum atomic E-state index is 13.0. The standard InChI is InChI=1S/C20H30N4O9/c21-11(5-7-15(25)26)18(30)23-9-1-3-13(23)17(29)22-12(6-8-16(27)28)19(31)24-10-2-4-14(24)20(32)33/h11-14H,1-10,21H2,(H,22,29)(H,25,26)(H,27,28)(H,32,33)/t11-,12-,13-,14-/m0/s1. The third-order valence-corrected chi connectivity index (χ3v) is 5.91. The molecule has 184 valence electrons. The molecule has 3 amide bonds. The Kier molecular flexibility index (Phi) is 9.14. The monoisotopic (exact) mass is 470 g/mol. The van der Waals surface area contributed by atoms with Crippen molar-refractivity contribution in [2.75, 3.05) is 13.1 Å². The molecule has 2 aliphatic rings. The largest absolute Gasteiger partial charge is 0.481 e. The predicted octanol–water partition coefficient (Wildman–Crippen LogP) is -1.41. The van der Waals surface area contributed by atoms with Gasteiger partial charge in [0.2, 0.25) is 17.7 Å². The van der Waals surface area contributed by atoms with Gasteiger partial charge in [-0.05, 0) is 38.5 Å². The summed E-state index contributed by atoms with van der Waals surface area (Å²) in [7, 11) is 0. The van der Waals surface area contributed by atoms with Gasteiger partial charge >= 0.3 is 17.9 Å². The van der Waals surface area contributed by atoms with Crippen LogP contribution in [-0.4, -0.2) is 98.0 Å². The summed E-state index contributed by atoms with van der Waals surface area (Å²) < 4.78 is 0. The van der Waals surface area contributed by atoms with Crippen molar-refractivity contribution in [2.24, 2.45) is 5.73 Å². The molecule has 0 aromatic rings. The zero-order valence-corrected chi connectivity index (χ0v) is 18.1. The highest BCUT2D eigenvalue weighted by molar-refractivity contribution is 5.94. The first kappa shape index (κ1) is 26.0. The summed E-state index contributed by atoms with van der Waals surface area (Å²) in [6.07, 6.45) is 0.480. The van der Waals surface area contributed by atoms with Crippen LogP contribution < -0.4 is 11.1 Å². The number of amides is 3. The average Bonchev–Trinajstić information content (AvgIpc) is 3.43. The fraction of sp³-hybridized carbons (Fsp3) is 0.700. The van der Waals surface area contributed by atoms with Gasteiger partial charge in [0, 0.05) is 25.9 Å². The summed E-state index contributed by atoms with van der Waals surface area (Å²) in [4.78, 5) is 74.2. The number of carbonyl (C=O) groups is 6. The Morgan fingerprint density at radius 1 is 0.818 bits per heavy atom. The van der Waals surface area contributed by atoms with Crippen LogP contribution in [0.2, 0.25) is 0 Å². The van der Waals surface area contributed by atoms with Crippen molar-refractivity contribution < 1.29 is 44.1 Å². The predicted molar refractivity (Wildman–Crippen MR) is 111 cm³/mol. The molecule has 0 aromatic carbocycles. The van der Waals surface area contributed by atoms with Gasteiger partial charge in [-0.25, -0.2) is 4.79 Å². The van der Waals surface area contributed by atoms with Crippen LogP contribution in [0.1, 0.15) is 51.4 Å². The highest BCUT2D eigenvalue weighted by Gasteiger charge is 2.40. The Bertz CT molecular complexity index is 802. The molecule has 33 heavy (non-hydrogen) atoms. The number of nitrogens with zero attached hydrogens (tertiary/aromatic N) is 2. The number of nitrogens with two attached hydrogens (primary N) is 1. The summed E-state index contributed by atoms with van der Waals surface area (Å²) >= 11 is 0. The van der Waals surface area contributed by atoms with E-state index in [0.717, 1.165) is 4.90 Å². The minimum atomic E-state index is -1.26. The van der Waals surface area contributed by atoms with E-state index in [4.69, 9.17) is 15.9 Å². The molecule has 2 fully saturated rings. The molecule has 6 N–H and O–H groups in total. The molecule has 0 radical (unpaired) electrons. The Morgan fingerprint density at radius 3 is 1.88 bits per heavy atom. The fourth-order valence-electron chi connectivity index (χ4n) is 4.20.